The average Bonchev–Trinajstić information content (AvgIpc) is 3.43. The molecule has 0 spiro atoms. The number of guanidine groups is 1. The Labute approximate surface area is 199 Å². The predicted octanol–water partition coefficient (Wildman–Crippen LogP) is 3.51. The fraction of sp³-hybridized carbons (Fsp3) is 0.381. The van der Waals surface area contributed by atoms with Crippen LogP contribution in [0.4, 0.5) is 0 Å². The van der Waals surface area contributed by atoms with Gasteiger partial charge in [-0.1, -0.05) is 25.1 Å². The highest BCUT2D eigenvalue weighted by molar-refractivity contribution is 14.0. The van der Waals surface area contributed by atoms with Crippen LogP contribution in [0, 0.1) is 0 Å². The third kappa shape index (κ3) is 7.60. The van der Waals surface area contributed by atoms with Gasteiger partial charge in [0.1, 0.15) is 17.9 Å². The maximum atomic E-state index is 5.30. The van der Waals surface area contributed by atoms with Crippen molar-refractivity contribution in [2.45, 2.75) is 32.9 Å². The number of methoxy groups -OCH3 is 1. The van der Waals surface area contributed by atoms with Gasteiger partial charge in [-0.05, 0) is 35.6 Å². The Morgan fingerprint density at radius 3 is 2.83 bits per heavy atom. The van der Waals surface area contributed by atoms with E-state index in [2.05, 4.69) is 55.9 Å². The highest BCUT2D eigenvalue weighted by atomic mass is 127. The normalized spacial score (nSPS) is 11.1. The SMILES string of the molecule is CCc1nncn1CCNC(=NCc1cccc(OC)c1)NCCc1cccs1.I. The molecule has 1 aromatic carbocycles. The van der Waals surface area contributed by atoms with E-state index in [0.29, 0.717) is 6.54 Å². The van der Waals surface area contributed by atoms with Crippen LogP contribution in [-0.2, 0) is 25.9 Å². The summed E-state index contributed by atoms with van der Waals surface area (Å²) in [5.74, 6) is 2.64. The van der Waals surface area contributed by atoms with Gasteiger partial charge in [0, 0.05) is 30.9 Å². The third-order valence-electron chi connectivity index (χ3n) is 4.45. The minimum atomic E-state index is 0. The zero-order chi connectivity index (χ0) is 20.3. The minimum Gasteiger partial charge on any atom is -0.497 e. The lowest BCUT2D eigenvalue weighted by molar-refractivity contribution is 0.414. The van der Waals surface area contributed by atoms with E-state index in [9.17, 15) is 0 Å². The number of hydrogen-bond donors (Lipinski definition) is 2. The number of hydrogen-bond acceptors (Lipinski definition) is 5. The number of nitrogens with one attached hydrogen (secondary N) is 2. The monoisotopic (exact) mass is 540 g/mol. The van der Waals surface area contributed by atoms with Crippen molar-refractivity contribution in [3.63, 3.8) is 0 Å². The van der Waals surface area contributed by atoms with Crippen molar-refractivity contribution >= 4 is 41.3 Å². The van der Waals surface area contributed by atoms with Gasteiger partial charge in [-0.15, -0.1) is 45.5 Å². The van der Waals surface area contributed by atoms with E-state index in [-0.39, 0.29) is 24.0 Å². The average molecular weight is 540 g/mol. The number of benzene rings is 1. The molecule has 30 heavy (non-hydrogen) atoms. The van der Waals surface area contributed by atoms with Crippen LogP contribution in [0.3, 0.4) is 0 Å². The van der Waals surface area contributed by atoms with Crippen LogP contribution < -0.4 is 15.4 Å². The van der Waals surface area contributed by atoms with Crippen molar-refractivity contribution in [2.75, 3.05) is 20.2 Å². The Morgan fingerprint density at radius 1 is 1.20 bits per heavy atom. The van der Waals surface area contributed by atoms with Crippen molar-refractivity contribution in [2.24, 2.45) is 4.99 Å². The Hall–Kier alpha value is -2.14. The van der Waals surface area contributed by atoms with Gasteiger partial charge in [-0.25, -0.2) is 4.99 Å². The van der Waals surface area contributed by atoms with Gasteiger partial charge in [-0.2, -0.15) is 0 Å². The Morgan fingerprint density at radius 2 is 2.07 bits per heavy atom. The molecule has 2 heterocycles. The molecule has 0 amide bonds. The first-order valence-corrected chi connectivity index (χ1v) is 10.7. The molecule has 0 aliphatic rings. The molecule has 162 valence electrons. The van der Waals surface area contributed by atoms with Crippen LogP contribution in [0.1, 0.15) is 23.2 Å². The Balaban J connectivity index is 0.00000320. The second kappa shape index (κ2) is 13.2. The van der Waals surface area contributed by atoms with E-state index in [4.69, 9.17) is 9.73 Å². The molecule has 7 nitrogen and oxygen atoms in total. The van der Waals surface area contributed by atoms with Crippen molar-refractivity contribution in [1.82, 2.24) is 25.4 Å². The van der Waals surface area contributed by atoms with E-state index in [1.165, 1.54) is 4.88 Å². The predicted molar refractivity (Wildman–Crippen MR) is 133 cm³/mol. The second-order valence-electron chi connectivity index (χ2n) is 6.49. The van der Waals surface area contributed by atoms with E-state index >= 15 is 0 Å². The summed E-state index contributed by atoms with van der Waals surface area (Å²) in [6, 6.07) is 12.2. The number of aromatic nitrogens is 3. The molecule has 2 aromatic heterocycles. The van der Waals surface area contributed by atoms with Crippen LogP contribution in [0.5, 0.6) is 5.75 Å². The van der Waals surface area contributed by atoms with Crippen molar-refractivity contribution < 1.29 is 4.74 Å². The molecule has 0 atom stereocenters. The first-order chi connectivity index (χ1) is 14.3. The van der Waals surface area contributed by atoms with E-state index < -0.39 is 0 Å². The van der Waals surface area contributed by atoms with Crippen molar-refractivity contribution in [3.8, 4) is 5.75 Å². The molecule has 0 fully saturated rings. The number of aryl methyl sites for hydroxylation is 1. The fourth-order valence-corrected chi connectivity index (χ4v) is 3.62. The summed E-state index contributed by atoms with van der Waals surface area (Å²) < 4.78 is 7.37. The molecule has 0 saturated carbocycles. The molecule has 0 radical (unpaired) electrons. The zero-order valence-corrected chi connectivity index (χ0v) is 20.5. The lowest BCUT2D eigenvalue weighted by atomic mass is 10.2. The van der Waals surface area contributed by atoms with Crippen molar-refractivity contribution in [3.05, 3.63) is 64.4 Å². The molecule has 2 N–H and O–H groups in total. The topological polar surface area (TPSA) is 76.4 Å². The molecule has 0 bridgehead atoms. The number of halogens is 1. The first-order valence-electron chi connectivity index (χ1n) is 9.82. The highest BCUT2D eigenvalue weighted by Crippen LogP contribution is 2.13. The van der Waals surface area contributed by atoms with Crippen LogP contribution in [-0.4, -0.2) is 40.9 Å². The standard InChI is InChI=1S/C21H28N6OS.HI/c1-3-20-26-25-16-27(20)12-11-23-21(22-10-9-19-8-5-13-29-19)24-15-17-6-4-7-18(14-17)28-2;/h4-8,13-14,16H,3,9-12,15H2,1-2H3,(H2,22,23,24);1H. The highest BCUT2D eigenvalue weighted by Gasteiger charge is 2.04. The number of rotatable bonds is 10. The van der Waals surface area contributed by atoms with Crippen molar-refractivity contribution in [1.29, 1.82) is 0 Å². The minimum absolute atomic E-state index is 0. The summed E-state index contributed by atoms with van der Waals surface area (Å²) in [6.07, 6.45) is 3.62. The summed E-state index contributed by atoms with van der Waals surface area (Å²) >= 11 is 1.78. The first kappa shape index (κ1) is 24.1. The number of nitrogens with zero attached hydrogens (tertiary/aromatic N) is 4. The molecular weight excluding hydrogens is 511 g/mol. The summed E-state index contributed by atoms with van der Waals surface area (Å²) in [7, 11) is 1.68. The maximum absolute atomic E-state index is 5.30. The number of aliphatic imine (C=N–C) groups is 1. The second-order valence-corrected chi connectivity index (χ2v) is 7.53. The van der Waals surface area contributed by atoms with Gasteiger partial charge >= 0.3 is 0 Å². The van der Waals surface area contributed by atoms with Crippen LogP contribution in [0.2, 0.25) is 0 Å². The van der Waals surface area contributed by atoms with Crippen LogP contribution >= 0.6 is 35.3 Å². The van der Waals surface area contributed by atoms with E-state index in [1.807, 2.05) is 18.2 Å². The molecule has 0 unspecified atom stereocenters. The van der Waals surface area contributed by atoms with Gasteiger partial charge in [0.15, 0.2) is 5.96 Å². The quantitative estimate of drug-likeness (QED) is 0.234. The lowest BCUT2D eigenvalue weighted by Crippen LogP contribution is -2.40. The number of thiophene rings is 1. The number of ether oxygens (including phenoxy) is 1. The van der Waals surface area contributed by atoms with Crippen LogP contribution in [0.15, 0.2) is 53.1 Å². The molecule has 3 rings (SSSR count). The molecule has 3 aromatic rings. The summed E-state index contributed by atoms with van der Waals surface area (Å²) in [4.78, 5) is 6.11. The molecule has 0 saturated heterocycles. The maximum Gasteiger partial charge on any atom is 0.191 e. The molecule has 0 aliphatic carbocycles. The smallest absolute Gasteiger partial charge is 0.191 e. The molecular formula is C21H29IN6OS. The Kier molecular flexibility index (Phi) is 10.6. The largest absolute Gasteiger partial charge is 0.497 e. The summed E-state index contributed by atoms with van der Waals surface area (Å²) in [6.45, 7) is 5.03. The Bertz CT molecular complexity index is 897. The molecule has 9 heteroatoms. The summed E-state index contributed by atoms with van der Waals surface area (Å²) in [5.41, 5.74) is 1.11. The molecule has 0 aliphatic heterocycles. The van der Waals surface area contributed by atoms with Gasteiger partial charge in [0.05, 0.1) is 13.7 Å². The lowest BCUT2D eigenvalue weighted by Gasteiger charge is -2.13. The fourth-order valence-electron chi connectivity index (χ4n) is 2.91. The van der Waals surface area contributed by atoms with E-state index in [1.54, 1.807) is 24.8 Å². The van der Waals surface area contributed by atoms with Gasteiger partial charge in [-0.3, -0.25) is 0 Å². The zero-order valence-electron chi connectivity index (χ0n) is 17.4. The van der Waals surface area contributed by atoms with E-state index in [0.717, 1.165) is 55.6 Å². The van der Waals surface area contributed by atoms with Gasteiger partial charge in [0.25, 0.3) is 0 Å². The van der Waals surface area contributed by atoms with Gasteiger partial charge < -0.3 is 19.9 Å². The van der Waals surface area contributed by atoms with Gasteiger partial charge in [0.2, 0.25) is 0 Å². The van der Waals surface area contributed by atoms with Crippen LogP contribution in [0.25, 0.3) is 0 Å². The third-order valence-corrected chi connectivity index (χ3v) is 5.39. The summed E-state index contributed by atoms with van der Waals surface area (Å²) in [5, 5.41) is 17.1.